The molecule has 2 unspecified atom stereocenters. The molecule has 1 rings (SSSR count). The van der Waals surface area contributed by atoms with E-state index in [-0.39, 0.29) is 37.4 Å². The number of carbonyl (C=O) groups excluding carboxylic acids is 2. The van der Waals surface area contributed by atoms with Gasteiger partial charge in [-0.25, -0.2) is 4.79 Å². The summed E-state index contributed by atoms with van der Waals surface area (Å²) >= 11 is 0. The third-order valence-corrected chi connectivity index (χ3v) is 3.78. The number of methoxy groups -OCH3 is 1. The van der Waals surface area contributed by atoms with E-state index in [4.69, 9.17) is 15.2 Å². The van der Waals surface area contributed by atoms with Crippen LogP contribution in [0.2, 0.25) is 0 Å². The third kappa shape index (κ3) is 9.43. The Morgan fingerprint density at radius 3 is 2.40 bits per heavy atom. The highest BCUT2D eigenvalue weighted by molar-refractivity contribution is 5.85. The molecular weight excluding hydrogens is 344 g/mol. The fraction of sp³-hybridized carbons (Fsp3) is 0.556. The number of halogens is 1. The third-order valence-electron chi connectivity index (χ3n) is 3.78. The van der Waals surface area contributed by atoms with Crippen LogP contribution < -0.4 is 11.1 Å². The molecule has 142 valence electrons. The topological polar surface area (TPSA) is 90.6 Å². The van der Waals surface area contributed by atoms with E-state index in [0.29, 0.717) is 18.9 Å². The van der Waals surface area contributed by atoms with Gasteiger partial charge in [0.2, 0.25) is 5.91 Å². The van der Waals surface area contributed by atoms with Crippen LogP contribution in [0, 0.1) is 5.92 Å². The second-order valence-electron chi connectivity index (χ2n) is 6.09. The first-order valence-electron chi connectivity index (χ1n) is 8.18. The first-order chi connectivity index (χ1) is 11.4. The van der Waals surface area contributed by atoms with E-state index < -0.39 is 12.0 Å². The summed E-state index contributed by atoms with van der Waals surface area (Å²) in [5.74, 6) is -0.446. The normalized spacial score (nSPS) is 12.8. The molecule has 0 aromatic heterocycles. The van der Waals surface area contributed by atoms with E-state index in [1.165, 1.54) is 7.11 Å². The summed E-state index contributed by atoms with van der Waals surface area (Å²) in [5.41, 5.74) is 6.93. The number of nitrogens with two attached hydrogens (primary N) is 1. The summed E-state index contributed by atoms with van der Waals surface area (Å²) in [6, 6.07) is 8.75. The molecule has 0 heterocycles. The Hall–Kier alpha value is -1.63. The molecule has 0 spiro atoms. The molecule has 0 saturated heterocycles. The minimum absolute atomic E-state index is 0. The minimum Gasteiger partial charge on any atom is -0.467 e. The van der Waals surface area contributed by atoms with Gasteiger partial charge < -0.3 is 20.5 Å². The maximum atomic E-state index is 12.0. The zero-order chi connectivity index (χ0) is 17.9. The van der Waals surface area contributed by atoms with Crippen LogP contribution in [-0.2, 0) is 25.7 Å². The Balaban J connectivity index is 0.00000576. The molecule has 0 aliphatic carbocycles. The van der Waals surface area contributed by atoms with Gasteiger partial charge in [-0.3, -0.25) is 4.79 Å². The summed E-state index contributed by atoms with van der Waals surface area (Å²) in [5, 5.41) is 2.65. The van der Waals surface area contributed by atoms with Crippen molar-refractivity contribution in [3.05, 3.63) is 35.9 Å². The maximum Gasteiger partial charge on any atom is 0.330 e. The van der Waals surface area contributed by atoms with Crippen molar-refractivity contribution in [3.8, 4) is 0 Å². The lowest BCUT2D eigenvalue weighted by molar-refractivity contribution is -0.147. The van der Waals surface area contributed by atoms with E-state index in [2.05, 4.69) is 5.32 Å². The highest BCUT2D eigenvalue weighted by Gasteiger charge is 2.22. The van der Waals surface area contributed by atoms with Crippen molar-refractivity contribution in [1.82, 2.24) is 5.32 Å². The van der Waals surface area contributed by atoms with Gasteiger partial charge in [0, 0.05) is 12.5 Å². The van der Waals surface area contributed by atoms with Crippen molar-refractivity contribution >= 4 is 24.3 Å². The lowest BCUT2D eigenvalue weighted by atomic mass is 10.0. The molecule has 0 radical (unpaired) electrons. The van der Waals surface area contributed by atoms with Crippen molar-refractivity contribution in [2.75, 3.05) is 13.7 Å². The van der Waals surface area contributed by atoms with Crippen molar-refractivity contribution in [3.63, 3.8) is 0 Å². The van der Waals surface area contributed by atoms with E-state index >= 15 is 0 Å². The zero-order valence-corrected chi connectivity index (χ0v) is 15.9. The highest BCUT2D eigenvalue weighted by Crippen LogP contribution is 2.06. The molecular formula is C18H29ClN2O4. The average molecular weight is 373 g/mol. The number of hydrogen-bond donors (Lipinski definition) is 2. The maximum absolute atomic E-state index is 12.0. The number of nitrogens with one attached hydrogen (secondary N) is 1. The smallest absolute Gasteiger partial charge is 0.330 e. The number of benzene rings is 1. The summed E-state index contributed by atoms with van der Waals surface area (Å²) < 4.78 is 10.3. The summed E-state index contributed by atoms with van der Waals surface area (Å²) in [6.07, 6.45) is 0.841. The Bertz CT molecular complexity index is 511. The second-order valence-corrected chi connectivity index (χ2v) is 6.09. The summed E-state index contributed by atoms with van der Waals surface area (Å²) in [6.45, 7) is 4.44. The molecule has 0 bridgehead atoms. The Labute approximate surface area is 155 Å². The van der Waals surface area contributed by atoms with E-state index in [1.807, 2.05) is 44.2 Å². The quantitative estimate of drug-likeness (QED) is 0.613. The molecule has 0 aliphatic heterocycles. The molecule has 0 saturated carbocycles. The van der Waals surface area contributed by atoms with Crippen LogP contribution in [-0.4, -0.2) is 37.7 Å². The number of carbonyl (C=O) groups is 2. The van der Waals surface area contributed by atoms with Crippen molar-refractivity contribution in [2.45, 2.75) is 45.4 Å². The van der Waals surface area contributed by atoms with Gasteiger partial charge in [-0.05, 0) is 17.9 Å². The first-order valence-corrected chi connectivity index (χ1v) is 8.18. The van der Waals surface area contributed by atoms with Gasteiger partial charge in [0.1, 0.15) is 0 Å². The largest absolute Gasteiger partial charge is 0.467 e. The van der Waals surface area contributed by atoms with E-state index in [9.17, 15) is 9.59 Å². The lowest BCUT2D eigenvalue weighted by Crippen LogP contribution is -2.45. The van der Waals surface area contributed by atoms with Crippen molar-refractivity contribution in [2.24, 2.45) is 11.7 Å². The van der Waals surface area contributed by atoms with Gasteiger partial charge in [0.15, 0.2) is 6.04 Å². The minimum atomic E-state index is -0.818. The van der Waals surface area contributed by atoms with Crippen LogP contribution in [0.3, 0.4) is 0 Å². The fourth-order valence-electron chi connectivity index (χ4n) is 2.08. The molecule has 0 aliphatic rings. The van der Waals surface area contributed by atoms with Crippen molar-refractivity contribution in [1.29, 1.82) is 0 Å². The predicted octanol–water partition coefficient (Wildman–Crippen LogP) is 2.05. The molecule has 25 heavy (non-hydrogen) atoms. The van der Waals surface area contributed by atoms with Crippen LogP contribution in [0.15, 0.2) is 30.3 Å². The first kappa shape index (κ1) is 23.4. The Morgan fingerprint density at radius 1 is 1.20 bits per heavy atom. The number of amides is 1. The molecule has 1 amide bonds. The number of rotatable bonds is 10. The predicted molar refractivity (Wildman–Crippen MR) is 99.3 cm³/mol. The Kier molecular flexibility index (Phi) is 11.9. The number of esters is 1. The van der Waals surface area contributed by atoms with Crippen LogP contribution >= 0.6 is 12.4 Å². The Morgan fingerprint density at radius 2 is 1.84 bits per heavy atom. The molecule has 3 N–H and O–H groups in total. The monoisotopic (exact) mass is 372 g/mol. The SMILES string of the molecule is COC(=O)C(COCc1ccccc1)NC(=O)CCC(N)C(C)C.Cl. The second kappa shape index (κ2) is 12.7. The number of ether oxygens (including phenoxy) is 2. The molecule has 7 heteroatoms. The van der Waals surface area contributed by atoms with Crippen LogP contribution in [0.25, 0.3) is 0 Å². The lowest BCUT2D eigenvalue weighted by Gasteiger charge is -2.18. The summed E-state index contributed by atoms with van der Waals surface area (Å²) in [4.78, 5) is 23.8. The molecule has 1 aromatic rings. The zero-order valence-electron chi connectivity index (χ0n) is 15.1. The van der Waals surface area contributed by atoms with Gasteiger partial charge in [-0.15, -0.1) is 12.4 Å². The van der Waals surface area contributed by atoms with Crippen LogP contribution in [0.5, 0.6) is 0 Å². The standard InChI is InChI=1S/C18H28N2O4.ClH/c1-13(2)15(19)9-10-17(21)20-16(18(22)23-3)12-24-11-14-7-5-4-6-8-14;/h4-8,13,15-16H,9-12,19H2,1-3H3,(H,20,21);1H. The highest BCUT2D eigenvalue weighted by atomic mass is 35.5. The molecule has 0 fully saturated rings. The van der Waals surface area contributed by atoms with E-state index in [1.54, 1.807) is 0 Å². The molecule has 6 nitrogen and oxygen atoms in total. The fourth-order valence-corrected chi connectivity index (χ4v) is 2.08. The average Bonchev–Trinajstić information content (AvgIpc) is 2.58. The molecule has 1 aromatic carbocycles. The van der Waals surface area contributed by atoms with Crippen LogP contribution in [0.4, 0.5) is 0 Å². The van der Waals surface area contributed by atoms with Gasteiger partial charge in [0.25, 0.3) is 0 Å². The van der Waals surface area contributed by atoms with Crippen molar-refractivity contribution < 1.29 is 19.1 Å². The van der Waals surface area contributed by atoms with Gasteiger partial charge in [0.05, 0.1) is 20.3 Å². The molecule has 2 atom stereocenters. The summed E-state index contributed by atoms with van der Waals surface area (Å²) in [7, 11) is 1.29. The van der Waals surface area contributed by atoms with Gasteiger partial charge in [-0.1, -0.05) is 44.2 Å². The number of hydrogen-bond acceptors (Lipinski definition) is 5. The van der Waals surface area contributed by atoms with E-state index in [0.717, 1.165) is 5.56 Å². The van der Waals surface area contributed by atoms with Crippen LogP contribution in [0.1, 0.15) is 32.3 Å². The van der Waals surface area contributed by atoms with Gasteiger partial charge >= 0.3 is 5.97 Å². The van der Waals surface area contributed by atoms with Gasteiger partial charge in [-0.2, -0.15) is 0 Å².